The maximum Gasteiger partial charge on any atom is 0.0457 e. The molecule has 0 amide bonds. The van der Waals surface area contributed by atoms with Gasteiger partial charge in [-0.05, 0) is 29.7 Å². The van der Waals surface area contributed by atoms with E-state index in [4.69, 9.17) is 11.6 Å². The van der Waals surface area contributed by atoms with Crippen LogP contribution >= 0.6 is 11.6 Å². The molecule has 1 nitrogen and oxygen atoms in total. The minimum Gasteiger partial charge on any atom is -0.361 e. The van der Waals surface area contributed by atoms with Crippen LogP contribution in [0.5, 0.6) is 0 Å². The van der Waals surface area contributed by atoms with Crippen molar-refractivity contribution in [1.82, 2.24) is 4.98 Å². The Morgan fingerprint density at radius 1 is 1.00 bits per heavy atom. The molecule has 3 aromatic rings. The summed E-state index contributed by atoms with van der Waals surface area (Å²) in [7, 11) is 0. The average Bonchev–Trinajstić information content (AvgIpc) is 2.86. The third-order valence-corrected chi connectivity index (χ3v) is 3.91. The summed E-state index contributed by atoms with van der Waals surface area (Å²) in [5.41, 5.74) is 3.56. The van der Waals surface area contributed by atoms with Crippen LogP contribution in [0, 0.1) is 6.92 Å². The highest BCUT2D eigenvalue weighted by atomic mass is 35.5. The number of halogens is 1. The molecule has 1 radical (unpaired) electrons. The molecule has 1 unspecified atom stereocenters. The standard InChI is InChI=1S/C17H15ClN/c1-2-12(13-7-3-5-9-16(13)18)15-11-19-17-10-6-4-8-14(15)17/h3-12,19H,1-2H2. The predicted octanol–water partition coefficient (Wildman–Crippen LogP) is 5.18. The van der Waals surface area contributed by atoms with E-state index >= 15 is 0 Å². The first-order chi connectivity index (χ1) is 9.31. The highest BCUT2D eigenvalue weighted by Crippen LogP contribution is 2.36. The van der Waals surface area contributed by atoms with Crippen molar-refractivity contribution in [3.05, 3.63) is 77.8 Å². The van der Waals surface area contributed by atoms with Crippen LogP contribution in [0.1, 0.15) is 23.5 Å². The van der Waals surface area contributed by atoms with Crippen LogP contribution in [-0.2, 0) is 0 Å². The van der Waals surface area contributed by atoms with E-state index < -0.39 is 0 Å². The van der Waals surface area contributed by atoms with Crippen molar-refractivity contribution in [3.63, 3.8) is 0 Å². The number of nitrogens with one attached hydrogen (secondary N) is 1. The largest absolute Gasteiger partial charge is 0.361 e. The summed E-state index contributed by atoms with van der Waals surface area (Å²) in [5, 5.41) is 2.05. The van der Waals surface area contributed by atoms with E-state index in [2.05, 4.69) is 42.4 Å². The number of benzene rings is 2. The number of hydrogen-bond donors (Lipinski definition) is 1. The van der Waals surface area contributed by atoms with Crippen LogP contribution in [-0.4, -0.2) is 4.98 Å². The molecular weight excluding hydrogens is 254 g/mol. The fraction of sp³-hybridized carbons (Fsp3) is 0.118. The van der Waals surface area contributed by atoms with E-state index in [9.17, 15) is 0 Å². The molecule has 1 atom stereocenters. The van der Waals surface area contributed by atoms with Gasteiger partial charge < -0.3 is 4.98 Å². The van der Waals surface area contributed by atoms with Gasteiger partial charge in [0.05, 0.1) is 0 Å². The number of hydrogen-bond acceptors (Lipinski definition) is 0. The molecule has 19 heavy (non-hydrogen) atoms. The van der Waals surface area contributed by atoms with E-state index in [1.54, 1.807) is 0 Å². The molecule has 3 rings (SSSR count). The zero-order chi connectivity index (χ0) is 13.2. The monoisotopic (exact) mass is 268 g/mol. The number of para-hydroxylation sites is 1. The molecular formula is C17H15ClN. The third kappa shape index (κ3) is 2.15. The first kappa shape index (κ1) is 12.3. The van der Waals surface area contributed by atoms with Crippen molar-refractivity contribution in [1.29, 1.82) is 0 Å². The van der Waals surface area contributed by atoms with E-state index in [0.29, 0.717) is 0 Å². The molecule has 1 N–H and O–H groups in total. The highest BCUT2D eigenvalue weighted by Gasteiger charge is 2.18. The number of rotatable bonds is 3. The Bertz CT molecular complexity index is 699. The van der Waals surface area contributed by atoms with Crippen LogP contribution in [0.25, 0.3) is 10.9 Å². The van der Waals surface area contributed by atoms with Crippen LogP contribution in [0.3, 0.4) is 0 Å². The van der Waals surface area contributed by atoms with E-state index in [0.717, 1.165) is 22.5 Å². The van der Waals surface area contributed by atoms with Gasteiger partial charge in [-0.25, -0.2) is 0 Å². The van der Waals surface area contributed by atoms with Gasteiger partial charge in [0.2, 0.25) is 0 Å². The number of aromatic amines is 1. The maximum atomic E-state index is 6.33. The zero-order valence-electron chi connectivity index (χ0n) is 10.6. The summed E-state index contributed by atoms with van der Waals surface area (Å²) in [6.07, 6.45) is 2.86. The van der Waals surface area contributed by atoms with Crippen molar-refractivity contribution >= 4 is 22.5 Å². The third-order valence-electron chi connectivity index (χ3n) is 3.57. The van der Waals surface area contributed by atoms with Gasteiger partial charge >= 0.3 is 0 Å². The van der Waals surface area contributed by atoms with Gasteiger partial charge in [-0.3, -0.25) is 0 Å². The number of H-pyrrole nitrogens is 1. The van der Waals surface area contributed by atoms with Crippen LogP contribution in [0.4, 0.5) is 0 Å². The summed E-state index contributed by atoms with van der Waals surface area (Å²) in [6.45, 7) is 4.09. The normalized spacial score (nSPS) is 12.7. The average molecular weight is 269 g/mol. The first-order valence-corrected chi connectivity index (χ1v) is 6.78. The molecule has 0 fully saturated rings. The van der Waals surface area contributed by atoms with Gasteiger partial charge in [0.25, 0.3) is 0 Å². The fourth-order valence-corrected chi connectivity index (χ4v) is 2.89. The molecule has 0 aliphatic rings. The lowest BCUT2D eigenvalue weighted by Gasteiger charge is -2.16. The Labute approximate surface area is 118 Å². The molecule has 0 spiro atoms. The lowest BCUT2D eigenvalue weighted by Crippen LogP contribution is -1.99. The lowest BCUT2D eigenvalue weighted by molar-refractivity contribution is 0.835. The van der Waals surface area contributed by atoms with Crippen molar-refractivity contribution < 1.29 is 0 Å². The van der Waals surface area contributed by atoms with Gasteiger partial charge in [-0.2, -0.15) is 0 Å². The van der Waals surface area contributed by atoms with E-state index in [1.807, 2.05) is 24.3 Å². The van der Waals surface area contributed by atoms with Crippen molar-refractivity contribution in [3.8, 4) is 0 Å². The minimum absolute atomic E-state index is 0.227. The molecule has 0 bridgehead atoms. The predicted molar refractivity (Wildman–Crippen MR) is 81.6 cm³/mol. The lowest BCUT2D eigenvalue weighted by atomic mass is 9.89. The quantitative estimate of drug-likeness (QED) is 0.674. The Balaban J connectivity index is 2.15. The molecule has 1 aromatic heterocycles. The number of fused-ring (bicyclic) bond motifs is 1. The molecule has 2 aromatic carbocycles. The van der Waals surface area contributed by atoms with Gasteiger partial charge in [-0.15, -0.1) is 0 Å². The summed E-state index contributed by atoms with van der Waals surface area (Å²) in [6, 6.07) is 16.3. The van der Waals surface area contributed by atoms with Crippen LogP contribution < -0.4 is 0 Å². The molecule has 1 heterocycles. The summed E-state index contributed by atoms with van der Waals surface area (Å²) < 4.78 is 0. The Hall–Kier alpha value is -1.73. The van der Waals surface area contributed by atoms with Crippen LogP contribution in [0.15, 0.2) is 54.7 Å². The SMILES string of the molecule is [CH2]CC(c1ccccc1Cl)c1c[nH]c2ccccc12. The fourth-order valence-electron chi connectivity index (χ4n) is 2.62. The number of aromatic nitrogens is 1. The summed E-state index contributed by atoms with van der Waals surface area (Å²) >= 11 is 6.33. The summed E-state index contributed by atoms with van der Waals surface area (Å²) in [5.74, 6) is 0.227. The van der Waals surface area contributed by atoms with Crippen molar-refractivity contribution in [2.45, 2.75) is 12.3 Å². The van der Waals surface area contributed by atoms with Crippen molar-refractivity contribution in [2.75, 3.05) is 0 Å². The van der Waals surface area contributed by atoms with Gasteiger partial charge in [0, 0.05) is 28.0 Å². The molecule has 0 aliphatic heterocycles. The van der Waals surface area contributed by atoms with E-state index in [-0.39, 0.29) is 5.92 Å². The Kier molecular flexibility index (Phi) is 3.31. The second-order valence-electron chi connectivity index (χ2n) is 4.65. The maximum absolute atomic E-state index is 6.33. The molecule has 0 saturated carbocycles. The molecule has 2 heteroatoms. The smallest absolute Gasteiger partial charge is 0.0457 e. The van der Waals surface area contributed by atoms with Gasteiger partial charge in [-0.1, -0.05) is 54.9 Å². The molecule has 0 aliphatic carbocycles. The first-order valence-electron chi connectivity index (χ1n) is 6.41. The summed E-state index contributed by atoms with van der Waals surface area (Å²) in [4.78, 5) is 3.32. The second kappa shape index (κ2) is 5.10. The Morgan fingerprint density at radius 2 is 1.74 bits per heavy atom. The van der Waals surface area contributed by atoms with Gasteiger partial charge in [0.15, 0.2) is 0 Å². The topological polar surface area (TPSA) is 15.8 Å². The van der Waals surface area contributed by atoms with Crippen LogP contribution in [0.2, 0.25) is 5.02 Å². The van der Waals surface area contributed by atoms with Gasteiger partial charge in [0.1, 0.15) is 0 Å². The Morgan fingerprint density at radius 3 is 2.53 bits per heavy atom. The molecule has 95 valence electrons. The van der Waals surface area contributed by atoms with E-state index in [1.165, 1.54) is 10.9 Å². The second-order valence-corrected chi connectivity index (χ2v) is 5.06. The zero-order valence-corrected chi connectivity index (χ0v) is 11.3. The minimum atomic E-state index is 0.227. The van der Waals surface area contributed by atoms with Crippen molar-refractivity contribution in [2.24, 2.45) is 0 Å². The molecule has 0 saturated heterocycles. The highest BCUT2D eigenvalue weighted by molar-refractivity contribution is 6.31.